The van der Waals surface area contributed by atoms with Crippen LogP contribution in [0.25, 0.3) is 0 Å². The van der Waals surface area contributed by atoms with E-state index in [0.29, 0.717) is 0 Å². The number of carbonyl (C=O) groups is 20. The monoisotopic (exact) mass is 2000 g/mol. The highest BCUT2D eigenvalue weighted by Crippen LogP contribution is 2.24. The third kappa shape index (κ3) is 52.6. The molecule has 0 aromatic rings. The summed E-state index contributed by atoms with van der Waals surface area (Å²) in [5, 5.41) is 132. The van der Waals surface area contributed by atoms with Gasteiger partial charge in [-0.15, -0.1) is 0 Å². The van der Waals surface area contributed by atoms with Gasteiger partial charge >= 0.3 is 71.6 Å². The van der Waals surface area contributed by atoms with Gasteiger partial charge in [-0.25, -0.2) is 0 Å². The first kappa shape index (κ1) is 121. The summed E-state index contributed by atoms with van der Waals surface area (Å²) in [6.45, 7) is -0.428. The molecule has 0 saturated carbocycles. The second-order valence-corrected chi connectivity index (χ2v) is 36.4. The fraction of sp³-hybridized carbons (Fsp3) is 0.767. The SMILES string of the molecule is CC(C)CN(CC(=O)CCC(CNC(=O)CCC(=O)C(C)N1CCN(CC(=O)O)CCN(CC(=O)O)CCN(CC(=O)O)CC1)(CNC(=O)CNC(=O)C(C)N1CCN(CC(=O)O)CCN(CC(=O)O)CCN(CC(=O)O)CC1)CNC(=O)CNC(=O)C(C)N1CCN(CC(=O)O)CCN(CC(=O)O)CCN(CC(=O)O)CC1)C(=O)CN1CCN(CC(=O)O)CCN(CC(=O)O)CCN(CC(=O)O)CC1. The van der Waals surface area contributed by atoms with Crippen LogP contribution in [0.2, 0.25) is 0 Å². The van der Waals surface area contributed by atoms with Crippen molar-refractivity contribution in [3.8, 4) is 0 Å². The van der Waals surface area contributed by atoms with Crippen molar-refractivity contribution >= 4 is 119 Å². The van der Waals surface area contributed by atoms with Crippen molar-refractivity contribution in [3.63, 3.8) is 0 Å². The quantitative estimate of drug-likeness (QED) is 0.0269. The van der Waals surface area contributed by atoms with E-state index >= 15 is 4.79 Å². The second kappa shape index (κ2) is 64.6. The van der Waals surface area contributed by atoms with E-state index in [1.54, 1.807) is 79.6 Å². The largest absolute Gasteiger partial charge is 0.480 e. The maximum atomic E-state index is 15.1. The van der Waals surface area contributed by atoms with E-state index in [1.165, 1.54) is 38.3 Å². The Morgan fingerprint density at radius 1 is 0.250 bits per heavy atom. The third-order valence-corrected chi connectivity index (χ3v) is 24.7. The minimum atomic E-state index is -1.75. The first-order valence-electron chi connectivity index (χ1n) is 46.9. The molecule has 0 radical (unpaired) electrons. The first-order chi connectivity index (χ1) is 66.0. The van der Waals surface area contributed by atoms with Crippen LogP contribution in [0.1, 0.15) is 60.3 Å². The predicted octanol–water partition coefficient (Wildman–Crippen LogP) is -10.2. The van der Waals surface area contributed by atoms with Gasteiger partial charge in [0.05, 0.1) is 123 Å². The maximum Gasteiger partial charge on any atom is 0.317 e. The number of carbonyl (C=O) groups excluding carboxylic acids is 8. The number of ketones is 2. The summed E-state index contributed by atoms with van der Waals surface area (Å²) >= 11 is 0. The summed E-state index contributed by atoms with van der Waals surface area (Å²) in [6, 6.07) is -3.25. The number of carboxylic acids is 12. The molecule has 54 heteroatoms. The van der Waals surface area contributed by atoms with Gasteiger partial charge in [-0.2, -0.15) is 0 Å². The highest BCUT2D eigenvalue weighted by atomic mass is 16.4. The Hall–Kier alpha value is -10.8. The summed E-state index contributed by atoms with van der Waals surface area (Å²) < 4.78 is 0. The van der Waals surface area contributed by atoms with E-state index in [4.69, 9.17) is 0 Å². The van der Waals surface area contributed by atoms with E-state index in [2.05, 4.69) is 26.6 Å². The zero-order valence-electron chi connectivity index (χ0n) is 81.0. The summed E-state index contributed by atoms with van der Waals surface area (Å²) in [6.07, 6.45) is -1.93. The van der Waals surface area contributed by atoms with Crippen molar-refractivity contribution in [3.05, 3.63) is 0 Å². The van der Waals surface area contributed by atoms with Crippen molar-refractivity contribution in [2.24, 2.45) is 11.3 Å². The second-order valence-electron chi connectivity index (χ2n) is 36.4. The van der Waals surface area contributed by atoms with Crippen LogP contribution >= 0.6 is 0 Å². The molecule has 54 nitrogen and oxygen atoms in total. The zero-order chi connectivity index (χ0) is 104. The molecule has 3 unspecified atom stereocenters. The molecule has 6 amide bonds. The number of nitrogens with one attached hydrogen (secondary N) is 5. The fourth-order valence-electron chi connectivity index (χ4n) is 16.6. The van der Waals surface area contributed by atoms with Crippen molar-refractivity contribution in [2.75, 3.05) is 340 Å². The first-order valence-corrected chi connectivity index (χ1v) is 46.9. The number of hydrogen-bond donors (Lipinski definition) is 17. The van der Waals surface area contributed by atoms with Gasteiger partial charge in [-0.1, -0.05) is 13.8 Å². The number of aliphatic carboxylic acids is 12. The van der Waals surface area contributed by atoms with Crippen molar-refractivity contribution in [2.45, 2.75) is 78.4 Å². The molecular formula is C86H148N22O32. The Morgan fingerprint density at radius 2 is 0.450 bits per heavy atom. The Balaban J connectivity index is 1.85. The molecule has 4 rings (SSSR count). The van der Waals surface area contributed by atoms with Crippen LogP contribution in [-0.4, -0.2) is 622 Å². The summed E-state index contributed by atoms with van der Waals surface area (Å²) in [5.41, 5.74) is -1.75. The molecule has 0 aromatic carbocycles. The van der Waals surface area contributed by atoms with E-state index in [0.717, 1.165) is 0 Å². The standard InChI is InChI=1S/C86H148N22O32/c1-62(2)44-108(71(114)46-92-10-12-93(47-72(115)116)14-16-95(49-74(119)120)17-15-94(13-11-92)48-73(117)118)45-66(109)8-9-86(59-89-68(111)7-6-67(110)63(3)105-36-30-99(53-78(127)128)24-18-96(50-75(121)122)19-25-100(31-37-105)54-79(129)130,60-90-69(112)42-87-84(139)64(4)106-38-32-101(55-80(131)132)26-20-97(51-76(123)124)21-27-102(33-39-106)56-81(133)134)61-91-70(113)43-88-85(140)65(5)107-40-34-103(57-82(135)136)28-22-98(52-77(125)126)23-29-104(35-41-107)58-83(137)138/h62-65H,6-61H2,1-5H3,(H,87,139)(H,88,140)(H,89,111)(H,90,112)(H,91,113)(H,115,116)(H,117,118)(H,119,120)(H,121,122)(H,123,124)(H,125,126)(H,127,128)(H,129,130)(H,131,132)(H,133,134)(H,135,136)(H,137,138). The highest BCUT2D eigenvalue weighted by Gasteiger charge is 2.37. The van der Waals surface area contributed by atoms with Gasteiger partial charge < -0.3 is 92.8 Å². The van der Waals surface area contributed by atoms with E-state index in [1.807, 2.05) is 0 Å². The van der Waals surface area contributed by atoms with Crippen LogP contribution in [0.4, 0.5) is 0 Å². The zero-order valence-corrected chi connectivity index (χ0v) is 81.0. The maximum absolute atomic E-state index is 15.1. The van der Waals surface area contributed by atoms with Gasteiger partial charge in [0.15, 0.2) is 5.78 Å². The molecule has 4 heterocycles. The molecule has 4 fully saturated rings. The minimum absolute atomic E-state index is 0.00339. The molecule has 4 aliphatic heterocycles. The van der Waals surface area contributed by atoms with Gasteiger partial charge in [0.1, 0.15) is 5.78 Å². The van der Waals surface area contributed by atoms with Gasteiger partial charge in [0.2, 0.25) is 35.4 Å². The molecule has 4 aliphatic rings. The minimum Gasteiger partial charge on any atom is -0.480 e. The molecular weight excluding hydrogens is 1850 g/mol. The summed E-state index contributed by atoms with van der Waals surface area (Å²) in [7, 11) is 0. The lowest BCUT2D eigenvalue weighted by molar-refractivity contribution is -0.141. The van der Waals surface area contributed by atoms with Gasteiger partial charge in [-0.3, -0.25) is 174 Å². The smallest absolute Gasteiger partial charge is 0.317 e. The van der Waals surface area contributed by atoms with Gasteiger partial charge in [0.25, 0.3) is 0 Å². The number of nitrogens with zero attached hydrogens (tertiary/aromatic N) is 17. The summed E-state index contributed by atoms with van der Waals surface area (Å²) in [4.78, 5) is 289. The molecule has 140 heavy (non-hydrogen) atoms. The molecule has 0 bridgehead atoms. The fourth-order valence-corrected chi connectivity index (χ4v) is 16.6. The predicted molar refractivity (Wildman–Crippen MR) is 496 cm³/mol. The number of hydrogen-bond acceptors (Lipinski definition) is 36. The van der Waals surface area contributed by atoms with Crippen LogP contribution in [0.5, 0.6) is 0 Å². The summed E-state index contributed by atoms with van der Waals surface area (Å²) in [5.74, 6) is -20.5. The molecule has 0 aliphatic carbocycles. The molecule has 0 spiro atoms. The highest BCUT2D eigenvalue weighted by molar-refractivity contribution is 5.90. The van der Waals surface area contributed by atoms with Crippen molar-refractivity contribution < 1.29 is 157 Å². The third-order valence-electron chi connectivity index (χ3n) is 24.7. The number of rotatable bonds is 52. The average Bonchev–Trinajstić information content (AvgIpc) is 0.846. The Labute approximate surface area is 812 Å². The van der Waals surface area contributed by atoms with E-state index in [-0.39, 0.29) is 222 Å². The molecule has 0 aromatic heterocycles. The molecule has 17 N–H and O–H groups in total. The van der Waals surface area contributed by atoms with Crippen LogP contribution in [-0.2, 0) is 95.9 Å². The van der Waals surface area contributed by atoms with Crippen LogP contribution < -0.4 is 26.6 Å². The van der Waals surface area contributed by atoms with Gasteiger partial charge in [-0.05, 0) is 33.1 Å². The number of Topliss-reactive ketones (excluding diaryl/α,β-unsaturated/α-hetero) is 2. The lowest BCUT2D eigenvalue weighted by Crippen LogP contribution is -2.55. The lowest BCUT2D eigenvalue weighted by atomic mass is 9.81. The molecule has 794 valence electrons. The molecule has 4 saturated heterocycles. The van der Waals surface area contributed by atoms with Crippen molar-refractivity contribution in [1.29, 1.82) is 0 Å². The Morgan fingerprint density at radius 3 is 0.664 bits per heavy atom. The Kier molecular flexibility index (Phi) is 56.0. The normalized spacial score (nSPS) is 19.3. The van der Waals surface area contributed by atoms with Crippen molar-refractivity contribution in [1.82, 2.24) is 110 Å². The van der Waals surface area contributed by atoms with Crippen LogP contribution in [0, 0.1) is 11.3 Å². The number of carboxylic acid groups (broad SMARTS) is 12. The van der Waals surface area contributed by atoms with Crippen LogP contribution in [0.15, 0.2) is 0 Å². The van der Waals surface area contributed by atoms with Crippen LogP contribution in [0.3, 0.4) is 0 Å². The average molecular weight is 2000 g/mol. The molecule has 3 atom stereocenters. The van der Waals surface area contributed by atoms with E-state index in [9.17, 15) is 152 Å². The lowest BCUT2D eigenvalue weighted by Gasteiger charge is -2.36. The topological polar surface area (TPSA) is 699 Å². The van der Waals surface area contributed by atoms with E-state index < -0.39 is 292 Å². The van der Waals surface area contributed by atoms with Gasteiger partial charge in [0, 0.05) is 260 Å². The Bertz CT molecular complexity index is 3670. The number of amides is 6.